The van der Waals surface area contributed by atoms with Gasteiger partial charge in [-0.1, -0.05) is 19.1 Å². The number of hydrogen-bond donors (Lipinski definition) is 2. The van der Waals surface area contributed by atoms with E-state index < -0.39 is 6.10 Å². The van der Waals surface area contributed by atoms with Crippen molar-refractivity contribution in [3.05, 3.63) is 29.8 Å². The van der Waals surface area contributed by atoms with Gasteiger partial charge >= 0.3 is 0 Å². The normalized spacial score (nSPS) is 13.2. The molecule has 0 radical (unpaired) electrons. The van der Waals surface area contributed by atoms with Crippen LogP contribution in [0.1, 0.15) is 33.3 Å². The molecule has 0 saturated carbocycles. The van der Waals surface area contributed by atoms with Crippen LogP contribution in [0.4, 0.5) is 0 Å². The predicted octanol–water partition coefficient (Wildman–Crippen LogP) is 2.39. The van der Waals surface area contributed by atoms with Crippen LogP contribution in [0.25, 0.3) is 0 Å². The molecule has 0 aliphatic rings. The van der Waals surface area contributed by atoms with E-state index in [2.05, 4.69) is 45.1 Å². The maximum atomic E-state index is 9.76. The van der Waals surface area contributed by atoms with Gasteiger partial charge in [-0.05, 0) is 44.9 Å². The number of nitrogens with one attached hydrogen (secondary N) is 1. The largest absolute Gasteiger partial charge is 0.491 e. The molecule has 4 nitrogen and oxygen atoms in total. The molecule has 0 heterocycles. The number of aryl methyl sites for hydroxylation is 1. The van der Waals surface area contributed by atoms with Crippen molar-refractivity contribution in [3.63, 3.8) is 0 Å². The van der Waals surface area contributed by atoms with E-state index in [1.807, 2.05) is 12.1 Å². The molecule has 0 spiro atoms. The molecule has 0 amide bonds. The van der Waals surface area contributed by atoms with E-state index >= 15 is 0 Å². The average Bonchev–Trinajstić information content (AvgIpc) is 2.44. The molecule has 21 heavy (non-hydrogen) atoms. The lowest BCUT2D eigenvalue weighted by molar-refractivity contribution is 0.0227. The fraction of sp³-hybridized carbons (Fsp3) is 0.647. The van der Waals surface area contributed by atoms with Crippen LogP contribution in [0, 0.1) is 0 Å². The average molecular weight is 295 g/mol. The van der Waals surface area contributed by atoms with Gasteiger partial charge in [-0.2, -0.15) is 0 Å². The highest BCUT2D eigenvalue weighted by Crippen LogP contribution is 2.12. The molecule has 1 atom stereocenters. The second-order valence-electron chi connectivity index (χ2n) is 6.21. The molecule has 1 aromatic carbocycles. The molecule has 4 heteroatoms. The minimum Gasteiger partial charge on any atom is -0.491 e. The van der Waals surface area contributed by atoms with Gasteiger partial charge in [0.2, 0.25) is 0 Å². The first-order valence-electron chi connectivity index (χ1n) is 7.63. The maximum absolute atomic E-state index is 9.76. The zero-order chi connectivity index (χ0) is 15.7. The van der Waals surface area contributed by atoms with Crippen LogP contribution in [0.15, 0.2) is 24.3 Å². The summed E-state index contributed by atoms with van der Waals surface area (Å²) in [6.07, 6.45) is 0.539. The predicted molar refractivity (Wildman–Crippen MR) is 85.9 cm³/mol. The molecular weight excluding hydrogens is 266 g/mol. The highest BCUT2D eigenvalue weighted by Gasteiger charge is 2.11. The number of aliphatic hydroxyl groups excluding tert-OH is 1. The highest BCUT2D eigenvalue weighted by molar-refractivity contribution is 5.27. The van der Waals surface area contributed by atoms with E-state index in [0.717, 1.165) is 12.2 Å². The molecule has 2 N–H and O–H groups in total. The van der Waals surface area contributed by atoms with E-state index in [-0.39, 0.29) is 5.54 Å². The van der Waals surface area contributed by atoms with E-state index in [0.29, 0.717) is 26.4 Å². The van der Waals surface area contributed by atoms with Crippen LogP contribution in [0.5, 0.6) is 5.75 Å². The first kappa shape index (κ1) is 18.0. The van der Waals surface area contributed by atoms with Crippen molar-refractivity contribution >= 4 is 0 Å². The minimum atomic E-state index is -0.493. The van der Waals surface area contributed by atoms with E-state index in [4.69, 9.17) is 9.47 Å². The Morgan fingerprint density at radius 2 is 1.81 bits per heavy atom. The fourth-order valence-corrected chi connectivity index (χ4v) is 1.74. The zero-order valence-corrected chi connectivity index (χ0v) is 13.7. The zero-order valence-electron chi connectivity index (χ0n) is 13.7. The summed E-state index contributed by atoms with van der Waals surface area (Å²) in [4.78, 5) is 0. The van der Waals surface area contributed by atoms with E-state index in [1.165, 1.54) is 5.56 Å². The van der Waals surface area contributed by atoms with Crippen LogP contribution >= 0.6 is 0 Å². The molecule has 1 rings (SSSR count). The lowest BCUT2D eigenvalue weighted by Crippen LogP contribution is -2.42. The van der Waals surface area contributed by atoms with Gasteiger partial charge in [0.25, 0.3) is 0 Å². The molecule has 0 aromatic heterocycles. The smallest absolute Gasteiger partial charge is 0.119 e. The maximum Gasteiger partial charge on any atom is 0.119 e. The Morgan fingerprint density at radius 3 is 2.38 bits per heavy atom. The molecule has 0 fully saturated rings. The van der Waals surface area contributed by atoms with Gasteiger partial charge in [-0.25, -0.2) is 0 Å². The third-order valence-corrected chi connectivity index (χ3v) is 3.01. The Balaban J connectivity index is 2.08. The van der Waals surface area contributed by atoms with Gasteiger partial charge in [0.15, 0.2) is 0 Å². The Hall–Kier alpha value is -1.10. The molecule has 0 bridgehead atoms. The van der Waals surface area contributed by atoms with Crippen LogP contribution in [0.3, 0.4) is 0 Å². The topological polar surface area (TPSA) is 50.7 Å². The third kappa shape index (κ3) is 8.71. The monoisotopic (exact) mass is 295 g/mol. The number of aliphatic hydroxyl groups is 1. The van der Waals surface area contributed by atoms with Gasteiger partial charge in [0, 0.05) is 12.1 Å². The van der Waals surface area contributed by atoms with Gasteiger partial charge < -0.3 is 19.9 Å². The first-order chi connectivity index (χ1) is 9.90. The van der Waals surface area contributed by atoms with E-state index in [9.17, 15) is 5.11 Å². The quantitative estimate of drug-likeness (QED) is 0.687. The van der Waals surface area contributed by atoms with Crippen molar-refractivity contribution in [2.45, 2.75) is 45.8 Å². The van der Waals surface area contributed by atoms with Gasteiger partial charge in [-0.15, -0.1) is 0 Å². The second-order valence-corrected chi connectivity index (χ2v) is 6.21. The Morgan fingerprint density at radius 1 is 1.14 bits per heavy atom. The van der Waals surface area contributed by atoms with Crippen LogP contribution in [-0.4, -0.2) is 43.1 Å². The summed E-state index contributed by atoms with van der Waals surface area (Å²) < 4.78 is 11.0. The first-order valence-corrected chi connectivity index (χ1v) is 7.63. The van der Waals surface area contributed by atoms with Crippen molar-refractivity contribution < 1.29 is 14.6 Å². The molecule has 0 aliphatic carbocycles. The second kappa shape index (κ2) is 9.03. The summed E-state index contributed by atoms with van der Waals surface area (Å²) in [5.41, 5.74) is 1.31. The number of hydrogen-bond acceptors (Lipinski definition) is 4. The molecule has 0 aliphatic heterocycles. The van der Waals surface area contributed by atoms with E-state index in [1.54, 1.807) is 0 Å². The van der Waals surface area contributed by atoms with Gasteiger partial charge in [-0.3, -0.25) is 0 Å². The summed E-state index contributed by atoms with van der Waals surface area (Å²) in [7, 11) is 0. The summed E-state index contributed by atoms with van der Waals surface area (Å²) >= 11 is 0. The Labute approximate surface area is 128 Å². The molecule has 0 saturated heterocycles. The summed E-state index contributed by atoms with van der Waals surface area (Å²) in [6.45, 7) is 10.1. The number of ether oxygens (including phenoxy) is 2. The fourth-order valence-electron chi connectivity index (χ4n) is 1.74. The lowest BCUT2D eigenvalue weighted by Gasteiger charge is -2.22. The summed E-state index contributed by atoms with van der Waals surface area (Å²) in [5.74, 6) is 0.853. The summed E-state index contributed by atoms with van der Waals surface area (Å²) in [6, 6.07) is 8.08. The molecular formula is C17H29NO3. The van der Waals surface area contributed by atoms with Crippen molar-refractivity contribution in [1.29, 1.82) is 0 Å². The van der Waals surface area contributed by atoms with Crippen molar-refractivity contribution in [2.24, 2.45) is 0 Å². The third-order valence-electron chi connectivity index (χ3n) is 3.01. The standard InChI is InChI=1S/C17H29NO3/c1-5-14-6-8-16(9-7-14)21-11-10-20-13-15(19)12-18-17(2,3)4/h6-9,15,18-19H,5,10-13H2,1-4H3/t15-/m1/s1. The number of rotatable bonds is 9. The SMILES string of the molecule is CCc1ccc(OCCOC[C@H](O)CNC(C)(C)C)cc1. The summed E-state index contributed by atoms with van der Waals surface area (Å²) in [5, 5.41) is 13.0. The highest BCUT2D eigenvalue weighted by atomic mass is 16.5. The molecule has 120 valence electrons. The minimum absolute atomic E-state index is 0.00867. The van der Waals surface area contributed by atoms with Crippen molar-refractivity contribution in [1.82, 2.24) is 5.32 Å². The Kier molecular flexibility index (Phi) is 7.72. The van der Waals surface area contributed by atoms with Crippen LogP contribution in [0.2, 0.25) is 0 Å². The number of benzene rings is 1. The lowest BCUT2D eigenvalue weighted by atomic mass is 10.1. The number of β-amino-alcohol motifs (C(OH)–C–C–N with tert-alkyl or cyclic N) is 1. The van der Waals surface area contributed by atoms with Gasteiger partial charge in [0.05, 0.1) is 19.3 Å². The van der Waals surface area contributed by atoms with Crippen LogP contribution in [-0.2, 0) is 11.2 Å². The Bertz CT molecular complexity index is 384. The van der Waals surface area contributed by atoms with Crippen molar-refractivity contribution in [3.8, 4) is 5.75 Å². The van der Waals surface area contributed by atoms with Crippen LogP contribution < -0.4 is 10.1 Å². The van der Waals surface area contributed by atoms with Crippen molar-refractivity contribution in [2.75, 3.05) is 26.4 Å². The molecule has 1 aromatic rings. The molecule has 0 unspecified atom stereocenters. The van der Waals surface area contributed by atoms with Gasteiger partial charge in [0.1, 0.15) is 12.4 Å².